The number of imidazole rings is 1. The van der Waals surface area contributed by atoms with Crippen molar-refractivity contribution in [3.8, 4) is 0 Å². The zero-order chi connectivity index (χ0) is 16.2. The fraction of sp³-hybridized carbons (Fsp3) is 0.353. The highest BCUT2D eigenvalue weighted by Gasteiger charge is 2.09. The Morgan fingerprint density at radius 1 is 1.26 bits per heavy atom. The third-order valence-corrected chi connectivity index (χ3v) is 3.94. The van der Waals surface area contributed by atoms with Crippen molar-refractivity contribution < 1.29 is 4.79 Å². The molecule has 120 valence electrons. The zero-order valence-corrected chi connectivity index (χ0v) is 13.5. The number of nitrogens with zero attached hydrogens (tertiary/aromatic N) is 4. The van der Waals surface area contributed by atoms with Gasteiger partial charge in [-0.2, -0.15) is 5.10 Å². The minimum atomic E-state index is -0.123. The summed E-state index contributed by atoms with van der Waals surface area (Å²) in [4.78, 5) is 16.6. The van der Waals surface area contributed by atoms with E-state index in [2.05, 4.69) is 26.0 Å². The minimum absolute atomic E-state index is 0.123. The Hall–Kier alpha value is -2.63. The van der Waals surface area contributed by atoms with Crippen molar-refractivity contribution >= 4 is 16.9 Å². The Balaban J connectivity index is 1.52. The molecular weight excluding hydrogens is 290 g/mol. The van der Waals surface area contributed by atoms with Crippen LogP contribution in [0.3, 0.4) is 0 Å². The number of fused-ring (bicyclic) bond motifs is 1. The van der Waals surface area contributed by atoms with Gasteiger partial charge in [0.15, 0.2) is 0 Å². The van der Waals surface area contributed by atoms with E-state index in [0.717, 1.165) is 36.2 Å². The van der Waals surface area contributed by atoms with E-state index in [0.29, 0.717) is 12.2 Å². The highest BCUT2D eigenvalue weighted by atomic mass is 16.1. The van der Waals surface area contributed by atoms with Crippen LogP contribution in [0.15, 0.2) is 36.5 Å². The molecule has 3 rings (SSSR count). The van der Waals surface area contributed by atoms with Gasteiger partial charge in [0.05, 0.1) is 11.0 Å². The normalized spacial score (nSPS) is 11.0. The second-order valence-electron chi connectivity index (χ2n) is 5.49. The average molecular weight is 311 g/mol. The van der Waals surface area contributed by atoms with Crippen LogP contribution in [-0.2, 0) is 20.0 Å². The molecule has 0 fully saturated rings. The number of para-hydroxylation sites is 2. The lowest BCUT2D eigenvalue weighted by atomic mass is 10.3. The monoisotopic (exact) mass is 311 g/mol. The molecule has 2 aromatic heterocycles. The summed E-state index contributed by atoms with van der Waals surface area (Å²) in [5.74, 6) is 0.915. The number of amides is 1. The van der Waals surface area contributed by atoms with Crippen LogP contribution in [0.25, 0.3) is 11.0 Å². The molecule has 0 aliphatic carbocycles. The van der Waals surface area contributed by atoms with Crippen molar-refractivity contribution in [2.45, 2.75) is 26.3 Å². The van der Waals surface area contributed by atoms with Gasteiger partial charge >= 0.3 is 0 Å². The van der Waals surface area contributed by atoms with Crippen LogP contribution in [0.2, 0.25) is 0 Å². The molecule has 0 atom stereocenters. The Kier molecular flexibility index (Phi) is 4.41. The molecule has 0 spiro atoms. The van der Waals surface area contributed by atoms with Crippen LogP contribution >= 0.6 is 0 Å². The number of nitrogens with one attached hydrogen (secondary N) is 1. The SMILES string of the molecule is CCn1ccc(C(=O)NCCCc2nc3ccccc3n2C)n1. The van der Waals surface area contributed by atoms with Gasteiger partial charge in [-0.25, -0.2) is 4.98 Å². The molecule has 0 saturated heterocycles. The first-order valence-corrected chi connectivity index (χ1v) is 7.91. The predicted molar refractivity (Wildman–Crippen MR) is 89.3 cm³/mol. The molecule has 0 aliphatic rings. The van der Waals surface area contributed by atoms with E-state index in [-0.39, 0.29) is 5.91 Å². The van der Waals surface area contributed by atoms with E-state index in [1.165, 1.54) is 0 Å². The molecule has 0 unspecified atom stereocenters. The summed E-state index contributed by atoms with van der Waals surface area (Å²) in [6.07, 6.45) is 3.49. The van der Waals surface area contributed by atoms with Gasteiger partial charge in [0, 0.05) is 32.8 Å². The maximum absolute atomic E-state index is 12.0. The van der Waals surface area contributed by atoms with Crippen molar-refractivity contribution in [3.63, 3.8) is 0 Å². The van der Waals surface area contributed by atoms with Gasteiger partial charge in [-0.05, 0) is 31.5 Å². The summed E-state index contributed by atoms with van der Waals surface area (Å²) < 4.78 is 3.86. The van der Waals surface area contributed by atoms with Crippen LogP contribution in [0.4, 0.5) is 0 Å². The molecule has 3 aromatic rings. The van der Waals surface area contributed by atoms with Gasteiger partial charge in [0.1, 0.15) is 11.5 Å². The molecule has 0 aliphatic heterocycles. The number of rotatable bonds is 6. The van der Waals surface area contributed by atoms with E-state index >= 15 is 0 Å². The van der Waals surface area contributed by atoms with Crippen molar-refractivity contribution in [3.05, 3.63) is 48.0 Å². The third-order valence-electron chi connectivity index (χ3n) is 3.94. The first-order valence-electron chi connectivity index (χ1n) is 7.91. The second kappa shape index (κ2) is 6.64. The summed E-state index contributed by atoms with van der Waals surface area (Å²) in [5, 5.41) is 7.10. The van der Waals surface area contributed by atoms with Crippen molar-refractivity contribution in [1.82, 2.24) is 24.6 Å². The molecule has 6 heteroatoms. The zero-order valence-electron chi connectivity index (χ0n) is 13.5. The molecule has 23 heavy (non-hydrogen) atoms. The quantitative estimate of drug-likeness (QED) is 0.709. The molecule has 2 heterocycles. The van der Waals surface area contributed by atoms with Gasteiger partial charge in [-0.3, -0.25) is 9.48 Å². The van der Waals surface area contributed by atoms with Crippen molar-refractivity contribution in [1.29, 1.82) is 0 Å². The summed E-state index contributed by atoms with van der Waals surface area (Å²) in [6, 6.07) is 9.84. The fourth-order valence-corrected chi connectivity index (χ4v) is 2.62. The lowest BCUT2D eigenvalue weighted by Gasteiger charge is -2.04. The molecule has 0 bridgehead atoms. The van der Waals surface area contributed by atoms with Gasteiger partial charge in [0.25, 0.3) is 5.91 Å². The number of hydrogen-bond acceptors (Lipinski definition) is 3. The standard InChI is InChI=1S/C17H21N5O/c1-3-22-12-10-14(20-22)17(23)18-11-6-9-16-19-13-7-4-5-8-15(13)21(16)2/h4-5,7-8,10,12H,3,6,9,11H2,1-2H3,(H,18,23). The fourth-order valence-electron chi connectivity index (χ4n) is 2.62. The first kappa shape index (κ1) is 15.3. The topological polar surface area (TPSA) is 64.7 Å². The van der Waals surface area contributed by atoms with Crippen LogP contribution in [0.1, 0.15) is 29.7 Å². The molecule has 1 aromatic carbocycles. The number of carbonyl (C=O) groups excluding carboxylic acids is 1. The Bertz CT molecular complexity index is 817. The largest absolute Gasteiger partial charge is 0.351 e. The van der Waals surface area contributed by atoms with Crippen LogP contribution in [-0.4, -0.2) is 31.8 Å². The Morgan fingerprint density at radius 2 is 2.09 bits per heavy atom. The van der Waals surface area contributed by atoms with E-state index in [1.54, 1.807) is 10.7 Å². The Morgan fingerprint density at radius 3 is 2.83 bits per heavy atom. The van der Waals surface area contributed by atoms with E-state index in [4.69, 9.17) is 0 Å². The van der Waals surface area contributed by atoms with Gasteiger partial charge < -0.3 is 9.88 Å². The van der Waals surface area contributed by atoms with Crippen LogP contribution in [0.5, 0.6) is 0 Å². The number of hydrogen-bond donors (Lipinski definition) is 1. The van der Waals surface area contributed by atoms with Crippen LogP contribution in [0, 0.1) is 0 Å². The molecular formula is C17H21N5O. The molecule has 1 amide bonds. The lowest BCUT2D eigenvalue weighted by Crippen LogP contribution is -2.25. The van der Waals surface area contributed by atoms with Gasteiger partial charge in [-0.15, -0.1) is 0 Å². The minimum Gasteiger partial charge on any atom is -0.351 e. The smallest absolute Gasteiger partial charge is 0.271 e. The summed E-state index contributed by atoms with van der Waals surface area (Å²) in [5.41, 5.74) is 2.62. The highest BCUT2D eigenvalue weighted by Crippen LogP contribution is 2.15. The molecule has 0 radical (unpaired) electrons. The lowest BCUT2D eigenvalue weighted by molar-refractivity contribution is 0.0947. The summed E-state index contributed by atoms with van der Waals surface area (Å²) >= 11 is 0. The van der Waals surface area contributed by atoms with Crippen molar-refractivity contribution in [2.75, 3.05) is 6.54 Å². The first-order chi connectivity index (χ1) is 11.2. The van der Waals surface area contributed by atoms with E-state index in [9.17, 15) is 4.79 Å². The maximum atomic E-state index is 12.0. The molecule has 6 nitrogen and oxygen atoms in total. The molecule has 0 saturated carbocycles. The van der Waals surface area contributed by atoms with Crippen molar-refractivity contribution in [2.24, 2.45) is 7.05 Å². The Labute approximate surface area is 135 Å². The van der Waals surface area contributed by atoms with Crippen LogP contribution < -0.4 is 5.32 Å². The maximum Gasteiger partial charge on any atom is 0.271 e. The van der Waals surface area contributed by atoms with Gasteiger partial charge in [0.2, 0.25) is 0 Å². The van der Waals surface area contributed by atoms with E-state index < -0.39 is 0 Å². The summed E-state index contributed by atoms with van der Waals surface area (Å²) in [6.45, 7) is 3.37. The number of aromatic nitrogens is 4. The predicted octanol–water partition coefficient (Wildman–Crippen LogP) is 2.15. The third kappa shape index (κ3) is 3.26. The van der Waals surface area contributed by atoms with Gasteiger partial charge in [-0.1, -0.05) is 12.1 Å². The van der Waals surface area contributed by atoms with E-state index in [1.807, 2.05) is 38.4 Å². The number of aryl methyl sites for hydroxylation is 3. The highest BCUT2D eigenvalue weighted by molar-refractivity contribution is 5.92. The summed E-state index contributed by atoms with van der Waals surface area (Å²) in [7, 11) is 2.03. The number of benzene rings is 1. The second-order valence-corrected chi connectivity index (χ2v) is 5.49. The average Bonchev–Trinajstić information content (AvgIpc) is 3.17. The number of carbonyl (C=O) groups is 1. The molecule has 1 N–H and O–H groups in total.